The number of hydrogen-bond acceptors (Lipinski definition) is 2. The van der Waals surface area contributed by atoms with Crippen LogP contribution in [0.2, 0.25) is 0 Å². The smallest absolute Gasteiger partial charge is 0.115 e. The predicted octanol–water partition coefficient (Wildman–Crippen LogP) is 4.49. The van der Waals surface area contributed by atoms with Crippen molar-refractivity contribution >= 4 is 17.0 Å². The minimum atomic E-state index is 0. The van der Waals surface area contributed by atoms with Gasteiger partial charge >= 0.3 is 0 Å². The van der Waals surface area contributed by atoms with Crippen LogP contribution >= 0.6 is 17.0 Å². The lowest BCUT2D eigenvalue weighted by atomic mass is 9.65. The van der Waals surface area contributed by atoms with Crippen LogP contribution in [0.1, 0.15) is 36.5 Å². The van der Waals surface area contributed by atoms with Gasteiger partial charge in [-0.05, 0) is 66.5 Å². The van der Waals surface area contributed by atoms with Crippen LogP contribution in [0.15, 0.2) is 48.5 Å². The second kappa shape index (κ2) is 6.89. The van der Waals surface area contributed by atoms with Crippen molar-refractivity contribution in [3.05, 3.63) is 65.2 Å². The van der Waals surface area contributed by atoms with Crippen molar-refractivity contribution in [2.24, 2.45) is 0 Å². The number of phenols is 1. The van der Waals surface area contributed by atoms with E-state index in [1.54, 1.807) is 0 Å². The highest BCUT2D eigenvalue weighted by Gasteiger charge is 2.42. The number of piperidine rings is 1. The second-order valence-corrected chi connectivity index (χ2v) is 7.49. The zero-order valence-corrected chi connectivity index (χ0v) is 16.0. The van der Waals surface area contributed by atoms with E-state index in [0.29, 0.717) is 11.8 Å². The summed E-state index contributed by atoms with van der Waals surface area (Å²) in [6.07, 6.45) is 4.67. The van der Waals surface area contributed by atoms with E-state index in [1.165, 1.54) is 36.1 Å². The number of likely N-dealkylation sites (tertiary alicyclic amines) is 1. The standard InChI is InChI=1S/C21H25NO.BrH/c1-21-10-12-22(11-9-16-5-3-2-4-6-16)18(15-21)13-17-7-8-19(23)14-20(17)21;/h2-8,14,18,23H,9-13,15H2,1H3;1H. The minimum Gasteiger partial charge on any atom is -0.508 e. The maximum Gasteiger partial charge on any atom is 0.115 e. The Balaban J connectivity index is 0.00000169. The minimum absolute atomic E-state index is 0. The van der Waals surface area contributed by atoms with Crippen LogP contribution in [-0.2, 0) is 18.3 Å². The van der Waals surface area contributed by atoms with Crippen molar-refractivity contribution in [2.75, 3.05) is 13.1 Å². The maximum atomic E-state index is 9.85. The molecule has 0 radical (unpaired) electrons. The lowest BCUT2D eigenvalue weighted by Crippen LogP contribution is -2.52. The maximum absolute atomic E-state index is 9.85. The molecule has 0 aromatic heterocycles. The summed E-state index contributed by atoms with van der Waals surface area (Å²) >= 11 is 0. The molecule has 1 heterocycles. The van der Waals surface area contributed by atoms with Crippen LogP contribution in [0, 0.1) is 0 Å². The van der Waals surface area contributed by atoms with Crippen LogP contribution in [-0.4, -0.2) is 29.1 Å². The summed E-state index contributed by atoms with van der Waals surface area (Å²) in [5.41, 5.74) is 4.49. The van der Waals surface area contributed by atoms with Crippen LogP contribution in [0.4, 0.5) is 0 Å². The molecule has 2 bridgehead atoms. The summed E-state index contributed by atoms with van der Waals surface area (Å²) in [4.78, 5) is 2.69. The molecular weight excluding hydrogens is 362 g/mol. The third-order valence-corrected chi connectivity index (χ3v) is 5.88. The van der Waals surface area contributed by atoms with Gasteiger partial charge in [0.2, 0.25) is 0 Å². The molecule has 1 fully saturated rings. The van der Waals surface area contributed by atoms with E-state index in [-0.39, 0.29) is 22.4 Å². The fraction of sp³-hybridized carbons (Fsp3) is 0.429. The van der Waals surface area contributed by atoms with E-state index >= 15 is 0 Å². The number of hydrogen-bond donors (Lipinski definition) is 1. The Morgan fingerprint density at radius 1 is 1.17 bits per heavy atom. The van der Waals surface area contributed by atoms with Gasteiger partial charge in [-0.3, -0.25) is 4.90 Å². The van der Waals surface area contributed by atoms with Crippen LogP contribution in [0.25, 0.3) is 0 Å². The highest BCUT2D eigenvalue weighted by atomic mass is 79.9. The molecule has 2 unspecified atom stereocenters. The zero-order chi connectivity index (χ0) is 15.9. The van der Waals surface area contributed by atoms with Crippen molar-refractivity contribution in [1.82, 2.24) is 4.90 Å². The Labute approximate surface area is 155 Å². The summed E-state index contributed by atoms with van der Waals surface area (Å²) in [5.74, 6) is 0.412. The molecule has 2 aromatic rings. The van der Waals surface area contributed by atoms with E-state index in [9.17, 15) is 5.11 Å². The fourth-order valence-corrected chi connectivity index (χ4v) is 4.54. The van der Waals surface area contributed by atoms with Crippen LogP contribution in [0.3, 0.4) is 0 Å². The van der Waals surface area contributed by atoms with E-state index < -0.39 is 0 Å². The molecule has 1 aliphatic heterocycles. The first-order chi connectivity index (χ1) is 11.1. The van der Waals surface area contributed by atoms with E-state index in [2.05, 4.69) is 48.2 Å². The highest BCUT2D eigenvalue weighted by molar-refractivity contribution is 8.93. The number of fused-ring (bicyclic) bond motifs is 4. The first-order valence-corrected chi connectivity index (χ1v) is 8.74. The van der Waals surface area contributed by atoms with E-state index in [4.69, 9.17) is 0 Å². The molecule has 3 heteroatoms. The zero-order valence-electron chi connectivity index (χ0n) is 14.2. The van der Waals surface area contributed by atoms with Gasteiger partial charge in [-0.25, -0.2) is 0 Å². The molecule has 4 rings (SSSR count). The van der Waals surface area contributed by atoms with Gasteiger partial charge in [0.15, 0.2) is 0 Å². The highest BCUT2D eigenvalue weighted by Crippen LogP contribution is 2.45. The van der Waals surface area contributed by atoms with Crippen molar-refractivity contribution in [3.63, 3.8) is 0 Å². The van der Waals surface area contributed by atoms with Gasteiger partial charge in [0.25, 0.3) is 0 Å². The van der Waals surface area contributed by atoms with Crippen molar-refractivity contribution in [3.8, 4) is 5.75 Å². The average Bonchev–Trinajstić information content (AvgIpc) is 2.56. The Morgan fingerprint density at radius 3 is 2.75 bits per heavy atom. The monoisotopic (exact) mass is 387 g/mol. The normalized spacial score (nSPS) is 25.6. The van der Waals surface area contributed by atoms with Crippen molar-refractivity contribution < 1.29 is 5.11 Å². The summed E-state index contributed by atoms with van der Waals surface area (Å²) in [6.45, 7) is 4.70. The summed E-state index contributed by atoms with van der Waals surface area (Å²) in [6, 6.07) is 17.4. The quantitative estimate of drug-likeness (QED) is 0.838. The topological polar surface area (TPSA) is 23.5 Å². The van der Waals surface area contributed by atoms with Gasteiger partial charge in [-0.2, -0.15) is 0 Å². The largest absolute Gasteiger partial charge is 0.508 e. The number of rotatable bonds is 3. The summed E-state index contributed by atoms with van der Waals surface area (Å²) in [5, 5.41) is 9.85. The lowest BCUT2D eigenvalue weighted by molar-refractivity contribution is 0.0884. The van der Waals surface area contributed by atoms with Gasteiger partial charge in [0.05, 0.1) is 0 Å². The SMILES string of the molecule is Br.CC12CCN(CCc3ccccc3)C(Cc3ccc(O)cc31)C2. The number of nitrogens with zero attached hydrogens (tertiary/aromatic N) is 1. The van der Waals surface area contributed by atoms with Gasteiger partial charge in [-0.15, -0.1) is 17.0 Å². The molecule has 2 aromatic carbocycles. The number of halogens is 1. The molecule has 2 aliphatic rings. The van der Waals surface area contributed by atoms with E-state index in [0.717, 1.165) is 19.4 Å². The van der Waals surface area contributed by atoms with E-state index in [1.807, 2.05) is 12.1 Å². The average molecular weight is 388 g/mol. The number of benzene rings is 2. The second-order valence-electron chi connectivity index (χ2n) is 7.49. The first kappa shape index (κ1) is 17.5. The molecule has 2 atom stereocenters. The Morgan fingerprint density at radius 2 is 1.96 bits per heavy atom. The molecule has 1 aliphatic carbocycles. The molecule has 24 heavy (non-hydrogen) atoms. The summed E-state index contributed by atoms with van der Waals surface area (Å²) in [7, 11) is 0. The molecule has 0 amide bonds. The van der Waals surface area contributed by atoms with Crippen LogP contribution in [0.5, 0.6) is 5.75 Å². The molecular formula is C21H26BrNO. The Hall–Kier alpha value is -1.32. The van der Waals surface area contributed by atoms with Crippen molar-refractivity contribution in [2.45, 2.75) is 44.1 Å². The predicted molar refractivity (Wildman–Crippen MR) is 104 cm³/mol. The summed E-state index contributed by atoms with van der Waals surface area (Å²) < 4.78 is 0. The molecule has 0 saturated carbocycles. The third kappa shape index (κ3) is 3.25. The van der Waals surface area contributed by atoms with Gasteiger partial charge in [0, 0.05) is 12.6 Å². The Bertz CT molecular complexity index is 702. The molecule has 1 N–H and O–H groups in total. The molecule has 1 saturated heterocycles. The third-order valence-electron chi connectivity index (χ3n) is 5.88. The Kier molecular flexibility index (Phi) is 5.03. The number of phenolic OH excluding ortho intramolecular Hbond substituents is 1. The van der Waals surface area contributed by atoms with Crippen molar-refractivity contribution in [1.29, 1.82) is 0 Å². The lowest BCUT2D eigenvalue weighted by Gasteiger charge is -2.50. The first-order valence-electron chi connectivity index (χ1n) is 8.74. The number of aromatic hydroxyl groups is 1. The molecule has 0 spiro atoms. The van der Waals surface area contributed by atoms with Crippen LogP contribution < -0.4 is 0 Å². The fourth-order valence-electron chi connectivity index (χ4n) is 4.54. The van der Waals surface area contributed by atoms with Gasteiger partial charge in [-0.1, -0.05) is 43.3 Å². The molecule has 128 valence electrons. The molecule has 2 nitrogen and oxygen atoms in total. The van der Waals surface area contributed by atoms with Gasteiger partial charge < -0.3 is 5.11 Å². The van der Waals surface area contributed by atoms with Gasteiger partial charge in [0.1, 0.15) is 5.75 Å².